The number of amides is 3. The summed E-state index contributed by atoms with van der Waals surface area (Å²) in [6, 6.07) is 16.2. The summed E-state index contributed by atoms with van der Waals surface area (Å²) in [6.45, 7) is 6.05. The molecule has 3 aromatic rings. The van der Waals surface area contributed by atoms with Crippen molar-refractivity contribution in [3.63, 3.8) is 0 Å². The summed E-state index contributed by atoms with van der Waals surface area (Å²) in [5, 5.41) is 2.94. The average molecular weight is 660 g/mol. The van der Waals surface area contributed by atoms with Crippen LogP contribution in [-0.4, -0.2) is 48.3 Å². The number of anilines is 1. The summed E-state index contributed by atoms with van der Waals surface area (Å²) in [4.78, 5) is 39.5. The van der Waals surface area contributed by atoms with Gasteiger partial charge in [0.25, 0.3) is 17.1 Å². The molecule has 11 heteroatoms. The molecular weight excluding hydrogens is 632 g/mol. The second kappa shape index (κ2) is 13.9. The third-order valence-corrected chi connectivity index (χ3v) is 7.78. The fourth-order valence-electron chi connectivity index (χ4n) is 3.88. The number of hydrogen-bond acceptors (Lipinski definition) is 7. The van der Waals surface area contributed by atoms with Crippen molar-refractivity contribution in [3.8, 4) is 17.2 Å². The highest BCUT2D eigenvalue weighted by atomic mass is 79.9. The lowest BCUT2D eigenvalue weighted by Gasteiger charge is -2.15. The summed E-state index contributed by atoms with van der Waals surface area (Å²) < 4.78 is 17.8. The third-order valence-electron chi connectivity index (χ3n) is 5.88. The summed E-state index contributed by atoms with van der Waals surface area (Å²) in [5.74, 6) is 0.631. The Labute approximate surface area is 256 Å². The molecule has 1 aliphatic heterocycles. The molecule has 1 fully saturated rings. The minimum atomic E-state index is -0.393. The molecule has 1 heterocycles. The van der Waals surface area contributed by atoms with Gasteiger partial charge in [-0.2, -0.15) is 0 Å². The van der Waals surface area contributed by atoms with E-state index in [2.05, 4.69) is 21.2 Å². The van der Waals surface area contributed by atoms with Crippen molar-refractivity contribution in [3.05, 3.63) is 85.7 Å². The van der Waals surface area contributed by atoms with Gasteiger partial charge in [-0.05, 0) is 108 Å². The van der Waals surface area contributed by atoms with Gasteiger partial charge in [-0.25, -0.2) is 0 Å². The van der Waals surface area contributed by atoms with Crippen molar-refractivity contribution in [2.75, 3.05) is 31.7 Å². The van der Waals surface area contributed by atoms with Gasteiger partial charge in [0.05, 0.1) is 22.5 Å². The standard InChI is InChI=1S/C30H28BrClN2O6S/c1-4-38-25-14-20(13-23(31)28(25)40-17-27(35)33-21-9-8-19(3)24(32)16-21)15-26-29(36)34(30(37)41-26)10-11-39-22-7-5-6-18(2)12-22/h5-9,12-16H,4,10-11,17H2,1-3H3,(H,33,35)/b26-15-. The molecule has 3 aromatic carbocycles. The van der Waals surface area contributed by atoms with Gasteiger partial charge in [0, 0.05) is 10.7 Å². The highest BCUT2D eigenvalue weighted by molar-refractivity contribution is 9.10. The van der Waals surface area contributed by atoms with E-state index in [-0.39, 0.29) is 35.8 Å². The Bertz CT molecular complexity index is 1510. The maximum Gasteiger partial charge on any atom is 0.293 e. The van der Waals surface area contributed by atoms with Gasteiger partial charge in [-0.1, -0.05) is 29.8 Å². The van der Waals surface area contributed by atoms with Gasteiger partial charge in [-0.15, -0.1) is 0 Å². The molecule has 0 atom stereocenters. The second-order valence-corrected chi connectivity index (χ2v) is 11.3. The highest BCUT2D eigenvalue weighted by Gasteiger charge is 2.35. The third kappa shape index (κ3) is 8.06. The molecule has 3 amide bonds. The number of hydrogen-bond donors (Lipinski definition) is 1. The molecule has 41 heavy (non-hydrogen) atoms. The monoisotopic (exact) mass is 658 g/mol. The van der Waals surface area contributed by atoms with Gasteiger partial charge in [0.2, 0.25) is 0 Å². The first-order valence-electron chi connectivity index (χ1n) is 12.7. The molecule has 0 spiro atoms. The molecule has 1 aliphatic rings. The number of nitrogens with zero attached hydrogens (tertiary/aromatic N) is 1. The number of carbonyl (C=O) groups excluding carboxylic acids is 3. The van der Waals surface area contributed by atoms with E-state index in [0.29, 0.717) is 44.6 Å². The maximum atomic E-state index is 13.0. The molecule has 1 N–H and O–H groups in total. The zero-order valence-corrected chi connectivity index (χ0v) is 25.8. The number of nitrogens with one attached hydrogen (secondary N) is 1. The van der Waals surface area contributed by atoms with Crippen LogP contribution < -0.4 is 19.5 Å². The number of imide groups is 1. The van der Waals surface area contributed by atoms with E-state index in [1.54, 1.807) is 30.3 Å². The van der Waals surface area contributed by atoms with Gasteiger partial charge < -0.3 is 19.5 Å². The fraction of sp³-hybridized carbons (Fsp3) is 0.233. The van der Waals surface area contributed by atoms with E-state index in [4.69, 9.17) is 25.8 Å². The van der Waals surface area contributed by atoms with Crippen LogP contribution >= 0.6 is 39.3 Å². The van der Waals surface area contributed by atoms with E-state index in [9.17, 15) is 14.4 Å². The van der Waals surface area contributed by atoms with Crippen molar-refractivity contribution < 1.29 is 28.6 Å². The van der Waals surface area contributed by atoms with E-state index in [1.165, 1.54) is 4.90 Å². The number of carbonyl (C=O) groups is 3. The lowest BCUT2D eigenvalue weighted by Crippen LogP contribution is -2.32. The number of benzene rings is 3. The SMILES string of the molecule is CCOc1cc(/C=C2\SC(=O)N(CCOc3cccc(C)c3)C2=O)cc(Br)c1OCC(=O)Nc1ccc(C)c(Cl)c1. The second-order valence-electron chi connectivity index (χ2n) is 9.06. The normalized spacial score (nSPS) is 14.0. The average Bonchev–Trinajstić information content (AvgIpc) is 3.18. The number of thioether (sulfide) groups is 1. The first kappa shape index (κ1) is 30.5. The molecular formula is C30H28BrClN2O6S. The fourth-order valence-corrected chi connectivity index (χ4v) is 5.50. The highest BCUT2D eigenvalue weighted by Crippen LogP contribution is 2.39. The summed E-state index contributed by atoms with van der Waals surface area (Å²) >= 11 is 10.5. The minimum absolute atomic E-state index is 0.132. The molecule has 0 aromatic heterocycles. The van der Waals surface area contributed by atoms with Crippen molar-refractivity contribution in [2.24, 2.45) is 0 Å². The molecule has 214 valence electrons. The van der Waals surface area contributed by atoms with Crippen LogP contribution in [0.3, 0.4) is 0 Å². The van der Waals surface area contributed by atoms with Gasteiger partial charge in [0.1, 0.15) is 12.4 Å². The van der Waals surface area contributed by atoms with Crippen LogP contribution in [0.1, 0.15) is 23.6 Å². The Balaban J connectivity index is 1.42. The Kier molecular flexibility index (Phi) is 10.4. The van der Waals surface area contributed by atoms with Crippen molar-refractivity contribution >= 4 is 68.1 Å². The lowest BCUT2D eigenvalue weighted by atomic mass is 10.2. The van der Waals surface area contributed by atoms with Gasteiger partial charge in [-0.3, -0.25) is 19.3 Å². The van der Waals surface area contributed by atoms with Gasteiger partial charge in [0.15, 0.2) is 18.1 Å². The van der Waals surface area contributed by atoms with Crippen LogP contribution in [0.25, 0.3) is 6.08 Å². The molecule has 0 saturated carbocycles. The smallest absolute Gasteiger partial charge is 0.293 e. The first-order valence-corrected chi connectivity index (χ1v) is 14.7. The van der Waals surface area contributed by atoms with Crippen molar-refractivity contribution in [1.29, 1.82) is 0 Å². The topological polar surface area (TPSA) is 94.2 Å². The van der Waals surface area contributed by atoms with Crippen LogP contribution in [-0.2, 0) is 9.59 Å². The Morgan fingerprint density at radius 1 is 1.07 bits per heavy atom. The van der Waals surface area contributed by atoms with Crippen LogP contribution in [0.2, 0.25) is 5.02 Å². The summed E-state index contributed by atoms with van der Waals surface area (Å²) in [6.07, 6.45) is 1.62. The van der Waals surface area contributed by atoms with Crippen LogP contribution in [0.5, 0.6) is 17.2 Å². The summed E-state index contributed by atoms with van der Waals surface area (Å²) in [7, 11) is 0. The van der Waals surface area contributed by atoms with Crippen LogP contribution in [0, 0.1) is 13.8 Å². The number of halogens is 2. The van der Waals surface area contributed by atoms with E-state index in [1.807, 2.05) is 51.1 Å². The summed E-state index contributed by atoms with van der Waals surface area (Å²) in [5.41, 5.74) is 3.14. The zero-order chi connectivity index (χ0) is 29.5. The van der Waals surface area contributed by atoms with Crippen LogP contribution in [0.15, 0.2) is 64.0 Å². The maximum absolute atomic E-state index is 13.0. The van der Waals surface area contributed by atoms with Gasteiger partial charge >= 0.3 is 0 Å². The quantitative estimate of drug-likeness (QED) is 0.217. The molecule has 8 nitrogen and oxygen atoms in total. The molecule has 0 radical (unpaired) electrons. The Morgan fingerprint density at radius 2 is 1.88 bits per heavy atom. The first-order chi connectivity index (χ1) is 19.6. The van der Waals surface area contributed by atoms with Crippen molar-refractivity contribution in [2.45, 2.75) is 20.8 Å². The number of ether oxygens (including phenoxy) is 3. The van der Waals surface area contributed by atoms with E-state index < -0.39 is 5.91 Å². The molecule has 0 bridgehead atoms. The Morgan fingerprint density at radius 3 is 2.61 bits per heavy atom. The lowest BCUT2D eigenvalue weighted by molar-refractivity contribution is -0.123. The van der Waals surface area contributed by atoms with E-state index in [0.717, 1.165) is 22.9 Å². The van der Waals surface area contributed by atoms with Crippen molar-refractivity contribution in [1.82, 2.24) is 4.90 Å². The zero-order valence-electron chi connectivity index (χ0n) is 22.7. The molecule has 0 unspecified atom stereocenters. The van der Waals surface area contributed by atoms with E-state index >= 15 is 0 Å². The molecule has 0 aliphatic carbocycles. The molecule has 4 rings (SSSR count). The predicted octanol–water partition coefficient (Wildman–Crippen LogP) is 7.25. The minimum Gasteiger partial charge on any atom is -0.492 e. The Hall–Kier alpha value is -3.47. The number of aryl methyl sites for hydroxylation is 2. The molecule has 1 saturated heterocycles. The predicted molar refractivity (Wildman–Crippen MR) is 165 cm³/mol. The number of rotatable bonds is 11. The van der Waals surface area contributed by atoms with Crippen LogP contribution in [0.4, 0.5) is 10.5 Å². The largest absolute Gasteiger partial charge is 0.492 e.